The van der Waals surface area contributed by atoms with E-state index in [-0.39, 0.29) is 21.2 Å². The predicted molar refractivity (Wildman–Crippen MR) is 224 cm³/mol. The Kier molecular flexibility index (Phi) is 16.1. The Balaban J connectivity index is 1.18. The van der Waals surface area contributed by atoms with Gasteiger partial charge in [-0.3, -0.25) is 0 Å². The van der Waals surface area contributed by atoms with Gasteiger partial charge < -0.3 is 13.6 Å². The average molecular weight is 764 g/mol. The zero-order valence-corrected chi connectivity index (χ0v) is 35.3. The van der Waals surface area contributed by atoms with Gasteiger partial charge in [0.25, 0.3) is 16.6 Å². The molecule has 0 aromatic heterocycles. The van der Waals surface area contributed by atoms with Crippen LogP contribution in [-0.2, 0) is 13.6 Å². The summed E-state index contributed by atoms with van der Waals surface area (Å²) >= 11 is 13.2. The lowest BCUT2D eigenvalue weighted by atomic mass is 10.2. The van der Waals surface area contributed by atoms with E-state index < -0.39 is 16.6 Å². The van der Waals surface area contributed by atoms with Crippen LogP contribution in [0.2, 0.25) is 10.1 Å². The Labute approximate surface area is 321 Å². The lowest BCUT2D eigenvalue weighted by molar-refractivity contribution is 0.0687. The Morgan fingerprint density at radius 3 is 0.961 bits per heavy atom. The van der Waals surface area contributed by atoms with E-state index in [1.165, 1.54) is 20.7 Å². The van der Waals surface area contributed by atoms with Crippen molar-refractivity contribution in [2.75, 3.05) is 13.2 Å². The molecular weight excluding hydrogens is 704 g/mol. The molecule has 276 valence electrons. The van der Waals surface area contributed by atoms with Crippen molar-refractivity contribution >= 4 is 60.6 Å². The summed E-state index contributed by atoms with van der Waals surface area (Å²) in [5.41, 5.74) is -0.771. The van der Waals surface area contributed by atoms with Crippen LogP contribution in [0, 0.1) is 0 Å². The molecule has 0 amide bonds. The minimum atomic E-state index is -2.50. The molecule has 0 radical (unpaired) electrons. The highest BCUT2D eigenvalue weighted by Gasteiger charge is 2.51. The maximum Gasteiger partial charge on any atom is 0.261 e. The first-order valence-electron chi connectivity index (χ1n) is 18.9. The Morgan fingerprint density at radius 2 is 0.706 bits per heavy atom. The van der Waals surface area contributed by atoms with E-state index in [0.717, 1.165) is 64.6 Å². The fourth-order valence-corrected chi connectivity index (χ4v) is 17.3. The van der Waals surface area contributed by atoms with E-state index in [1.54, 1.807) is 0 Å². The Hall–Kier alpha value is -2.23. The third-order valence-corrected chi connectivity index (χ3v) is 20.6. The largest absolute Gasteiger partial charge is 0.407 e. The van der Waals surface area contributed by atoms with Gasteiger partial charge in [-0.25, -0.2) is 0 Å². The Morgan fingerprint density at radius 1 is 0.431 bits per heavy atom. The van der Waals surface area contributed by atoms with E-state index in [9.17, 15) is 0 Å². The van der Waals surface area contributed by atoms with Crippen molar-refractivity contribution in [2.45, 2.75) is 114 Å². The number of halogens is 2. The molecule has 0 saturated carbocycles. The van der Waals surface area contributed by atoms with Crippen LogP contribution >= 0.6 is 23.2 Å². The van der Waals surface area contributed by atoms with E-state index in [0.29, 0.717) is 0 Å². The second kappa shape index (κ2) is 19.7. The molecule has 2 unspecified atom stereocenters. The maximum absolute atomic E-state index is 7.04. The molecule has 7 heteroatoms. The number of unbranched alkanes of at least 4 members (excludes halogenated alkanes) is 4. The predicted octanol–water partition coefficient (Wildman–Crippen LogP) is 10.4. The van der Waals surface area contributed by atoms with Crippen LogP contribution < -0.4 is 20.7 Å². The van der Waals surface area contributed by atoms with E-state index in [4.69, 9.17) is 36.8 Å². The molecule has 0 spiro atoms. The van der Waals surface area contributed by atoms with Gasteiger partial charge in [0.15, 0.2) is 0 Å². The minimum Gasteiger partial charge on any atom is -0.407 e. The molecule has 4 rings (SSSR count). The summed E-state index contributed by atoms with van der Waals surface area (Å²) in [5, 5.41) is 5.23. The van der Waals surface area contributed by atoms with Gasteiger partial charge in [0.2, 0.25) is 0 Å². The van der Waals surface area contributed by atoms with E-state index >= 15 is 0 Å². The molecular formula is C44H60Cl2O3Si2. The lowest BCUT2D eigenvalue weighted by Crippen LogP contribution is -2.66. The lowest BCUT2D eigenvalue weighted by Gasteiger charge is -2.43. The maximum atomic E-state index is 7.04. The summed E-state index contributed by atoms with van der Waals surface area (Å²) in [6, 6.07) is 43.3. The fourth-order valence-electron chi connectivity index (χ4n) is 7.44. The molecule has 51 heavy (non-hydrogen) atoms. The summed E-state index contributed by atoms with van der Waals surface area (Å²) in [6.07, 6.45) is 7.52. The first-order valence-corrected chi connectivity index (χ1v) is 23.5. The molecule has 0 N–H and O–H groups in total. The number of hydrogen-bond donors (Lipinski definition) is 0. The minimum absolute atomic E-state index is 0.0176. The van der Waals surface area contributed by atoms with Crippen LogP contribution in [0.1, 0.15) is 92.9 Å². The highest BCUT2D eigenvalue weighted by molar-refractivity contribution is 7.00. The van der Waals surface area contributed by atoms with Gasteiger partial charge in [-0.1, -0.05) is 199 Å². The summed E-state index contributed by atoms with van der Waals surface area (Å²) in [4.78, 5) is 0. The molecule has 4 aromatic rings. The van der Waals surface area contributed by atoms with Crippen LogP contribution in [0.25, 0.3) is 0 Å². The molecule has 0 fully saturated rings. The van der Waals surface area contributed by atoms with E-state index in [2.05, 4.69) is 163 Å². The topological polar surface area (TPSA) is 27.7 Å². The van der Waals surface area contributed by atoms with E-state index in [1.807, 2.05) is 0 Å². The van der Waals surface area contributed by atoms with Crippen molar-refractivity contribution < 1.29 is 13.6 Å². The van der Waals surface area contributed by atoms with Gasteiger partial charge in [0, 0.05) is 13.2 Å². The van der Waals surface area contributed by atoms with Crippen LogP contribution in [-0.4, -0.2) is 41.0 Å². The molecule has 0 bridgehead atoms. The number of rotatable bonds is 20. The summed E-state index contributed by atoms with van der Waals surface area (Å²) in [5.74, 6) is 0. The molecule has 0 aliphatic rings. The van der Waals surface area contributed by atoms with Gasteiger partial charge in [-0.2, -0.15) is 0 Å². The van der Waals surface area contributed by atoms with Crippen LogP contribution in [0.5, 0.6) is 0 Å². The molecule has 3 nitrogen and oxygen atoms in total. The Bertz CT molecular complexity index is 1330. The van der Waals surface area contributed by atoms with Crippen molar-refractivity contribution in [1.29, 1.82) is 0 Å². The first kappa shape index (κ1) is 41.5. The third-order valence-electron chi connectivity index (χ3n) is 9.92. The number of hydrogen-bond acceptors (Lipinski definition) is 3. The summed E-state index contributed by atoms with van der Waals surface area (Å²) in [7, 11) is -5.00. The fraction of sp³-hybridized carbons (Fsp3) is 0.455. The van der Waals surface area contributed by atoms with Gasteiger partial charge in [-0.05, 0) is 69.3 Å². The molecule has 0 aliphatic heterocycles. The monoisotopic (exact) mass is 762 g/mol. The van der Waals surface area contributed by atoms with Crippen LogP contribution in [0.15, 0.2) is 121 Å². The van der Waals surface area contributed by atoms with Gasteiger partial charge in [0.1, 0.15) is 11.1 Å². The van der Waals surface area contributed by atoms with Crippen LogP contribution in [0.3, 0.4) is 0 Å². The average Bonchev–Trinajstić information content (AvgIpc) is 3.11. The molecule has 2 atom stereocenters. The quantitative estimate of drug-likeness (QED) is 0.0510. The molecule has 0 heterocycles. The first-order chi connectivity index (χ1) is 24.4. The second-order valence-corrected chi connectivity index (χ2v) is 25.3. The highest BCUT2D eigenvalue weighted by atomic mass is 35.5. The number of alkyl halides is 2. The van der Waals surface area contributed by atoms with Gasteiger partial charge >= 0.3 is 0 Å². The number of benzene rings is 4. The molecule has 0 aliphatic carbocycles. The summed E-state index contributed by atoms with van der Waals surface area (Å²) < 4.78 is 20.0. The SMILES string of the molecule is CC(C)(C)[Si](OCCCCCC(Cl)OC(Cl)CCCCCO[Si](c1ccccc1)(c1ccccc1)C(C)(C)C)(c1ccccc1)c1ccccc1. The third kappa shape index (κ3) is 10.9. The second-order valence-electron chi connectivity index (χ2n) is 15.7. The van der Waals surface area contributed by atoms with Gasteiger partial charge in [0.05, 0.1) is 0 Å². The summed E-state index contributed by atoms with van der Waals surface area (Å²) in [6.45, 7) is 15.4. The van der Waals surface area contributed by atoms with Gasteiger partial charge in [-0.15, -0.1) is 0 Å². The van der Waals surface area contributed by atoms with Crippen molar-refractivity contribution in [2.24, 2.45) is 0 Å². The standard InChI is InChI=1S/C44H60Cl2O3Si2/c1-43(2,3)50(37-25-13-7-14-26-37,38-27-15-8-16-28-38)47-35-23-11-21-33-41(45)49-42(46)34-22-12-24-36-48-51(44(4,5)6,39-29-17-9-18-30-39)40-31-19-10-20-32-40/h7-10,13-20,25-32,41-42H,11-12,21-24,33-36H2,1-6H3. The zero-order chi connectivity index (χ0) is 36.8. The van der Waals surface area contributed by atoms with Crippen molar-refractivity contribution in [1.82, 2.24) is 0 Å². The molecule has 4 aromatic carbocycles. The van der Waals surface area contributed by atoms with Crippen molar-refractivity contribution in [3.05, 3.63) is 121 Å². The number of ether oxygens (including phenoxy) is 1. The highest BCUT2D eigenvalue weighted by Crippen LogP contribution is 2.38. The zero-order valence-electron chi connectivity index (χ0n) is 31.8. The molecule has 0 saturated heterocycles. The van der Waals surface area contributed by atoms with Crippen molar-refractivity contribution in [3.63, 3.8) is 0 Å². The van der Waals surface area contributed by atoms with Crippen molar-refractivity contribution in [3.8, 4) is 0 Å². The normalized spacial score (nSPS) is 14.0. The smallest absolute Gasteiger partial charge is 0.261 e. The van der Waals surface area contributed by atoms with Crippen LogP contribution in [0.4, 0.5) is 0 Å².